The van der Waals surface area contributed by atoms with E-state index in [1.54, 1.807) is 18.2 Å². The van der Waals surface area contributed by atoms with Gasteiger partial charge in [0.1, 0.15) is 5.75 Å². The number of hydrazone groups is 1. The lowest BCUT2D eigenvalue weighted by atomic mass is 10.1. The summed E-state index contributed by atoms with van der Waals surface area (Å²) < 4.78 is 0.578. The fraction of sp³-hybridized carbons (Fsp3) is 0.0556. The quantitative estimate of drug-likeness (QED) is 0.533. The lowest BCUT2D eigenvalue weighted by Crippen LogP contribution is -2.17. The number of pyridine rings is 1. The van der Waals surface area contributed by atoms with E-state index in [0.717, 1.165) is 16.5 Å². The fourth-order valence-corrected chi connectivity index (χ4v) is 2.87. The molecule has 0 bridgehead atoms. The topological polar surface area (TPSA) is 74.6 Å². The molecule has 0 saturated heterocycles. The van der Waals surface area contributed by atoms with Gasteiger partial charge in [-0.25, -0.2) is 5.43 Å². The van der Waals surface area contributed by atoms with Crippen LogP contribution in [0.2, 0.25) is 0 Å². The average Bonchev–Trinajstić information content (AvgIpc) is 2.58. The molecule has 5 nitrogen and oxygen atoms in total. The molecule has 0 fully saturated rings. The second-order valence-electron chi connectivity index (χ2n) is 5.30. The molecule has 0 spiro atoms. The number of benzene rings is 2. The number of fused-ring (bicyclic) bond motifs is 1. The Morgan fingerprint density at radius 1 is 1.29 bits per heavy atom. The Labute approximate surface area is 147 Å². The molecule has 6 heteroatoms. The smallest absolute Gasteiger partial charge is 0.272 e. The van der Waals surface area contributed by atoms with Gasteiger partial charge in [0.15, 0.2) is 0 Å². The van der Waals surface area contributed by atoms with Gasteiger partial charge < -0.3 is 5.11 Å². The van der Waals surface area contributed by atoms with E-state index in [4.69, 9.17) is 0 Å². The van der Waals surface area contributed by atoms with Crippen molar-refractivity contribution in [2.45, 2.75) is 6.92 Å². The van der Waals surface area contributed by atoms with Gasteiger partial charge in [-0.15, -0.1) is 0 Å². The van der Waals surface area contributed by atoms with Crippen LogP contribution >= 0.6 is 15.9 Å². The van der Waals surface area contributed by atoms with Gasteiger partial charge in [-0.05, 0) is 52.7 Å². The molecule has 2 N–H and O–H groups in total. The maximum absolute atomic E-state index is 12.2. The third kappa shape index (κ3) is 3.44. The Kier molecular flexibility index (Phi) is 4.57. The number of para-hydroxylation sites is 1. The van der Waals surface area contributed by atoms with Crippen LogP contribution in [0.15, 0.2) is 58.2 Å². The largest absolute Gasteiger partial charge is 0.506 e. The number of carbonyl (C=O) groups excluding carboxylic acids is 1. The summed E-state index contributed by atoms with van der Waals surface area (Å²) in [6.07, 6.45) is 2.91. The van der Waals surface area contributed by atoms with Crippen LogP contribution < -0.4 is 5.43 Å². The molecule has 0 unspecified atom stereocenters. The molecular formula is C18H14BrN3O2. The molecule has 0 aliphatic carbocycles. The van der Waals surface area contributed by atoms with E-state index in [0.29, 0.717) is 15.6 Å². The number of halogens is 1. The Morgan fingerprint density at radius 2 is 2.08 bits per heavy atom. The summed E-state index contributed by atoms with van der Waals surface area (Å²) in [5.41, 5.74) is 5.16. The van der Waals surface area contributed by atoms with E-state index in [1.165, 1.54) is 12.4 Å². The zero-order valence-electron chi connectivity index (χ0n) is 12.8. The molecule has 24 heavy (non-hydrogen) atoms. The van der Waals surface area contributed by atoms with Crippen molar-refractivity contribution in [3.63, 3.8) is 0 Å². The van der Waals surface area contributed by atoms with Crippen LogP contribution in [-0.4, -0.2) is 22.2 Å². The van der Waals surface area contributed by atoms with Crippen LogP contribution in [0.5, 0.6) is 5.75 Å². The van der Waals surface area contributed by atoms with Crippen molar-refractivity contribution in [3.05, 3.63) is 69.8 Å². The third-order valence-corrected chi connectivity index (χ3v) is 4.06. The van der Waals surface area contributed by atoms with Crippen LogP contribution in [0, 0.1) is 6.92 Å². The number of amides is 1. The molecule has 120 valence electrons. The lowest BCUT2D eigenvalue weighted by Gasteiger charge is -2.04. The summed E-state index contributed by atoms with van der Waals surface area (Å²) in [6.45, 7) is 1.90. The van der Waals surface area contributed by atoms with Crippen LogP contribution in [-0.2, 0) is 0 Å². The van der Waals surface area contributed by atoms with Gasteiger partial charge >= 0.3 is 0 Å². The Morgan fingerprint density at radius 3 is 2.92 bits per heavy atom. The lowest BCUT2D eigenvalue weighted by molar-refractivity contribution is 0.0955. The first kappa shape index (κ1) is 16.1. The molecular weight excluding hydrogens is 370 g/mol. The van der Waals surface area contributed by atoms with Gasteiger partial charge in [0.05, 0.1) is 21.8 Å². The van der Waals surface area contributed by atoms with Gasteiger partial charge in [-0.1, -0.05) is 18.2 Å². The number of hydrogen-bond acceptors (Lipinski definition) is 4. The van der Waals surface area contributed by atoms with Gasteiger partial charge in [0, 0.05) is 17.1 Å². The molecule has 2 aromatic carbocycles. The minimum Gasteiger partial charge on any atom is -0.506 e. The number of nitrogens with zero attached hydrogens (tertiary/aromatic N) is 2. The van der Waals surface area contributed by atoms with Crippen LogP contribution in [0.25, 0.3) is 10.9 Å². The molecule has 3 rings (SSSR count). The Hall–Kier alpha value is -2.73. The van der Waals surface area contributed by atoms with Crippen molar-refractivity contribution in [3.8, 4) is 5.75 Å². The predicted molar refractivity (Wildman–Crippen MR) is 97.3 cm³/mol. The monoisotopic (exact) mass is 383 g/mol. The average molecular weight is 384 g/mol. The highest BCUT2D eigenvalue weighted by Crippen LogP contribution is 2.28. The van der Waals surface area contributed by atoms with Gasteiger partial charge in [-0.2, -0.15) is 5.10 Å². The number of aromatic nitrogens is 1. The number of hydrogen-bond donors (Lipinski definition) is 2. The first-order valence-electron chi connectivity index (χ1n) is 7.22. The molecule has 0 aliphatic rings. The van der Waals surface area contributed by atoms with Crippen LogP contribution in [0.3, 0.4) is 0 Å². The molecule has 1 amide bonds. The summed E-state index contributed by atoms with van der Waals surface area (Å²) in [4.78, 5) is 16.4. The van der Waals surface area contributed by atoms with Crippen molar-refractivity contribution < 1.29 is 9.90 Å². The molecule has 0 atom stereocenters. The van der Waals surface area contributed by atoms with Crippen molar-refractivity contribution in [1.82, 2.24) is 10.4 Å². The van der Waals surface area contributed by atoms with Crippen LogP contribution in [0.1, 0.15) is 21.5 Å². The first-order chi connectivity index (χ1) is 11.5. The SMILES string of the molecule is Cc1cc(Br)c(O)c(/C=N/NC(=O)c2cnc3ccccc3c2)c1. The van der Waals surface area contributed by atoms with Gasteiger partial charge in [0.2, 0.25) is 0 Å². The highest BCUT2D eigenvalue weighted by atomic mass is 79.9. The summed E-state index contributed by atoms with van der Waals surface area (Å²) in [7, 11) is 0. The summed E-state index contributed by atoms with van der Waals surface area (Å²) >= 11 is 3.27. The van der Waals surface area contributed by atoms with E-state index in [9.17, 15) is 9.90 Å². The molecule has 0 radical (unpaired) electrons. The first-order valence-corrected chi connectivity index (χ1v) is 8.01. The highest BCUT2D eigenvalue weighted by Gasteiger charge is 2.07. The third-order valence-electron chi connectivity index (χ3n) is 3.46. The predicted octanol–water partition coefficient (Wildman–Crippen LogP) is 3.78. The van der Waals surface area contributed by atoms with Gasteiger partial charge in [0.25, 0.3) is 5.91 Å². The molecule has 1 heterocycles. The molecule has 0 aliphatic heterocycles. The summed E-state index contributed by atoms with van der Waals surface area (Å²) in [5, 5.41) is 14.8. The number of aromatic hydroxyl groups is 1. The number of phenols is 1. The standard InChI is InChI=1S/C18H14BrN3O2/c1-11-6-13(17(23)15(19)7-11)10-21-22-18(24)14-8-12-4-2-3-5-16(12)20-9-14/h2-10,23H,1H3,(H,22,24)/b21-10+. The Bertz CT molecular complexity index is 954. The van der Waals surface area contributed by atoms with Crippen molar-refractivity contribution in [1.29, 1.82) is 0 Å². The number of phenolic OH excluding ortho intramolecular Hbond substituents is 1. The van der Waals surface area contributed by atoms with Crippen LogP contribution in [0.4, 0.5) is 0 Å². The van der Waals surface area contributed by atoms with E-state index < -0.39 is 0 Å². The van der Waals surface area contributed by atoms with E-state index >= 15 is 0 Å². The minimum absolute atomic E-state index is 0.0750. The van der Waals surface area contributed by atoms with Crippen molar-refractivity contribution in [2.24, 2.45) is 5.10 Å². The zero-order chi connectivity index (χ0) is 17.1. The molecule has 1 aromatic heterocycles. The fourth-order valence-electron chi connectivity index (χ4n) is 2.28. The zero-order valence-corrected chi connectivity index (χ0v) is 14.4. The number of carbonyl (C=O) groups is 1. The molecule has 3 aromatic rings. The Balaban J connectivity index is 1.77. The minimum atomic E-state index is -0.365. The van der Waals surface area contributed by atoms with E-state index in [2.05, 4.69) is 31.4 Å². The molecule has 0 saturated carbocycles. The second kappa shape index (κ2) is 6.80. The highest BCUT2D eigenvalue weighted by molar-refractivity contribution is 9.10. The number of nitrogens with one attached hydrogen (secondary N) is 1. The van der Waals surface area contributed by atoms with E-state index in [1.807, 2.05) is 31.2 Å². The summed E-state index contributed by atoms with van der Waals surface area (Å²) in [6, 6.07) is 12.9. The second-order valence-corrected chi connectivity index (χ2v) is 6.15. The maximum Gasteiger partial charge on any atom is 0.272 e. The van der Waals surface area contributed by atoms with Gasteiger partial charge in [-0.3, -0.25) is 9.78 Å². The van der Waals surface area contributed by atoms with Crippen molar-refractivity contribution in [2.75, 3.05) is 0 Å². The number of rotatable bonds is 3. The maximum atomic E-state index is 12.2. The normalized spacial score (nSPS) is 11.1. The van der Waals surface area contributed by atoms with E-state index in [-0.39, 0.29) is 11.7 Å². The van der Waals surface area contributed by atoms with Crippen molar-refractivity contribution >= 4 is 39.0 Å². The number of aryl methyl sites for hydroxylation is 1. The summed E-state index contributed by atoms with van der Waals surface area (Å²) in [5.74, 6) is -0.290.